The fourth-order valence-corrected chi connectivity index (χ4v) is 3.76. The molecule has 0 spiro atoms. The Hall–Kier alpha value is -2.21. The van der Waals surface area contributed by atoms with Gasteiger partial charge in [-0.3, -0.25) is 0 Å². The van der Waals surface area contributed by atoms with E-state index in [2.05, 4.69) is 28.0 Å². The molecule has 1 aromatic carbocycles. The zero-order valence-corrected chi connectivity index (χ0v) is 15.6. The molecule has 3 rings (SSSR count). The molecule has 6 heteroatoms. The lowest BCUT2D eigenvalue weighted by atomic mass is 10.1. The lowest BCUT2D eigenvalue weighted by Crippen LogP contribution is -2.38. The molecule has 1 aliphatic rings. The van der Waals surface area contributed by atoms with E-state index in [1.54, 1.807) is 0 Å². The van der Waals surface area contributed by atoms with E-state index in [-0.39, 0.29) is 0 Å². The second-order valence-electron chi connectivity index (χ2n) is 6.20. The molecule has 1 aliphatic heterocycles. The summed E-state index contributed by atoms with van der Waals surface area (Å²) in [6.45, 7) is 7.69. The lowest BCUT2D eigenvalue weighted by Gasteiger charge is -2.29. The van der Waals surface area contributed by atoms with Crippen LogP contribution in [0.1, 0.15) is 22.4 Å². The molecule has 0 unspecified atom stereocenters. The van der Waals surface area contributed by atoms with Crippen molar-refractivity contribution < 1.29 is 9.94 Å². The molecule has 0 radical (unpaired) electrons. The first-order chi connectivity index (χ1) is 12.1. The highest BCUT2D eigenvalue weighted by atomic mass is 32.2. The highest BCUT2D eigenvalue weighted by Gasteiger charge is 2.22. The number of rotatable bonds is 3. The van der Waals surface area contributed by atoms with Gasteiger partial charge < -0.3 is 14.8 Å². The minimum atomic E-state index is 0.470. The molecule has 0 saturated carbocycles. The number of oxime groups is 1. The van der Waals surface area contributed by atoms with Gasteiger partial charge in [-0.25, -0.2) is 4.98 Å². The molecule has 2 aromatic rings. The molecule has 0 atom stereocenters. The summed E-state index contributed by atoms with van der Waals surface area (Å²) < 4.78 is 6.11. The summed E-state index contributed by atoms with van der Waals surface area (Å²) >= 11 is 1.91. The third-order valence-corrected chi connectivity index (χ3v) is 5.13. The van der Waals surface area contributed by atoms with Gasteiger partial charge in [-0.2, -0.15) is 11.8 Å². The minimum Gasteiger partial charge on any atom is -0.438 e. The molecule has 0 aliphatic carbocycles. The molecular formula is C19H23N3O2S. The predicted molar refractivity (Wildman–Crippen MR) is 102 cm³/mol. The average molecular weight is 357 g/mol. The van der Waals surface area contributed by atoms with Crippen molar-refractivity contribution in [3.8, 4) is 11.6 Å². The highest BCUT2D eigenvalue weighted by molar-refractivity contribution is 7.99. The fraction of sp³-hybridized carbons (Fsp3) is 0.368. The SMILES string of the molecule is Cc1ccc(Oc2nc(C)ccc2/C(=N/O)N2CCSCC2)c(C)c1. The van der Waals surface area contributed by atoms with Crippen molar-refractivity contribution in [2.24, 2.45) is 5.16 Å². The Labute approximate surface area is 152 Å². The molecule has 0 bridgehead atoms. The number of aryl methyl sites for hydroxylation is 3. The van der Waals surface area contributed by atoms with Gasteiger partial charge in [0.25, 0.3) is 0 Å². The van der Waals surface area contributed by atoms with Crippen LogP contribution in [0.4, 0.5) is 0 Å². The third-order valence-electron chi connectivity index (χ3n) is 4.18. The van der Waals surface area contributed by atoms with Crippen LogP contribution < -0.4 is 4.74 Å². The second kappa shape index (κ2) is 7.78. The number of aromatic nitrogens is 1. The van der Waals surface area contributed by atoms with Crippen molar-refractivity contribution in [2.75, 3.05) is 24.6 Å². The molecule has 1 N–H and O–H groups in total. The highest BCUT2D eigenvalue weighted by Crippen LogP contribution is 2.29. The van der Waals surface area contributed by atoms with Gasteiger partial charge >= 0.3 is 0 Å². The zero-order chi connectivity index (χ0) is 17.8. The Kier molecular flexibility index (Phi) is 5.48. The topological polar surface area (TPSA) is 58.0 Å². The number of ether oxygens (including phenoxy) is 1. The van der Waals surface area contributed by atoms with Crippen molar-refractivity contribution in [3.63, 3.8) is 0 Å². The summed E-state index contributed by atoms with van der Waals surface area (Å²) in [6.07, 6.45) is 0. The second-order valence-corrected chi connectivity index (χ2v) is 7.42. The number of thioether (sulfide) groups is 1. The summed E-state index contributed by atoms with van der Waals surface area (Å²) in [5.41, 5.74) is 3.80. The van der Waals surface area contributed by atoms with Crippen LogP contribution in [-0.4, -0.2) is 45.5 Å². The van der Waals surface area contributed by atoms with Gasteiger partial charge in [0.05, 0.1) is 5.56 Å². The molecule has 132 valence electrons. The maximum atomic E-state index is 9.64. The summed E-state index contributed by atoms with van der Waals surface area (Å²) in [5, 5.41) is 13.2. The number of hydrogen-bond acceptors (Lipinski definition) is 5. The van der Waals surface area contributed by atoms with Crippen molar-refractivity contribution in [1.29, 1.82) is 0 Å². The quantitative estimate of drug-likeness (QED) is 0.390. The monoisotopic (exact) mass is 357 g/mol. The van der Waals surface area contributed by atoms with Crippen LogP contribution in [-0.2, 0) is 0 Å². The van der Waals surface area contributed by atoms with Gasteiger partial charge in [-0.1, -0.05) is 22.9 Å². The van der Waals surface area contributed by atoms with Crippen molar-refractivity contribution in [3.05, 3.63) is 52.7 Å². The lowest BCUT2D eigenvalue weighted by molar-refractivity contribution is 0.303. The number of benzene rings is 1. The van der Waals surface area contributed by atoms with Crippen molar-refractivity contribution in [1.82, 2.24) is 9.88 Å². The summed E-state index contributed by atoms with van der Waals surface area (Å²) in [4.78, 5) is 6.63. The molecule has 1 saturated heterocycles. The van der Waals surface area contributed by atoms with Gasteiger partial charge in [-0.15, -0.1) is 0 Å². The molecule has 25 heavy (non-hydrogen) atoms. The van der Waals surface area contributed by atoms with E-state index in [1.165, 1.54) is 5.56 Å². The number of nitrogens with zero attached hydrogens (tertiary/aromatic N) is 3. The van der Waals surface area contributed by atoms with Crippen molar-refractivity contribution in [2.45, 2.75) is 20.8 Å². The minimum absolute atomic E-state index is 0.470. The van der Waals surface area contributed by atoms with Gasteiger partial charge in [-0.05, 0) is 44.5 Å². The van der Waals surface area contributed by atoms with E-state index in [9.17, 15) is 5.21 Å². The summed E-state index contributed by atoms with van der Waals surface area (Å²) in [6, 6.07) is 9.87. The van der Waals surface area contributed by atoms with E-state index in [4.69, 9.17) is 4.74 Å². The summed E-state index contributed by atoms with van der Waals surface area (Å²) in [7, 11) is 0. The van der Waals surface area contributed by atoms with Gasteiger partial charge in [0.15, 0.2) is 5.84 Å². The van der Waals surface area contributed by atoms with E-state index >= 15 is 0 Å². The average Bonchev–Trinajstić information content (AvgIpc) is 2.61. The van der Waals surface area contributed by atoms with Gasteiger partial charge in [0.2, 0.25) is 5.88 Å². The van der Waals surface area contributed by atoms with Crippen molar-refractivity contribution >= 4 is 17.6 Å². The van der Waals surface area contributed by atoms with E-state index in [1.807, 2.05) is 49.9 Å². The van der Waals surface area contributed by atoms with E-state index in [0.29, 0.717) is 17.3 Å². The fourth-order valence-electron chi connectivity index (χ4n) is 2.86. The smallest absolute Gasteiger partial charge is 0.230 e. The van der Waals surface area contributed by atoms with E-state index < -0.39 is 0 Å². The Morgan fingerprint density at radius 1 is 1.16 bits per heavy atom. The molecule has 5 nitrogen and oxygen atoms in total. The van der Waals surface area contributed by atoms with Crippen LogP contribution in [0.5, 0.6) is 11.6 Å². The maximum absolute atomic E-state index is 9.64. The molecule has 0 amide bonds. The predicted octanol–water partition coefficient (Wildman–Crippen LogP) is 3.98. The van der Waals surface area contributed by atoms with Crippen LogP contribution >= 0.6 is 11.8 Å². The van der Waals surface area contributed by atoms with Gasteiger partial charge in [0, 0.05) is 30.3 Å². The van der Waals surface area contributed by atoms with Crippen LogP contribution in [0.2, 0.25) is 0 Å². The Balaban J connectivity index is 1.97. The number of hydrogen-bond donors (Lipinski definition) is 1. The molecular weight excluding hydrogens is 334 g/mol. The van der Waals surface area contributed by atoms with Crippen LogP contribution in [0.3, 0.4) is 0 Å². The zero-order valence-electron chi connectivity index (χ0n) is 14.8. The molecule has 1 aromatic heterocycles. The first-order valence-electron chi connectivity index (χ1n) is 8.36. The Morgan fingerprint density at radius 2 is 1.92 bits per heavy atom. The van der Waals surface area contributed by atoms with Crippen LogP contribution in [0.25, 0.3) is 0 Å². The third kappa shape index (κ3) is 4.07. The van der Waals surface area contributed by atoms with Crippen LogP contribution in [0, 0.1) is 20.8 Å². The first-order valence-corrected chi connectivity index (χ1v) is 9.52. The maximum Gasteiger partial charge on any atom is 0.230 e. The number of pyridine rings is 1. The van der Waals surface area contributed by atoms with Gasteiger partial charge in [0.1, 0.15) is 5.75 Å². The largest absolute Gasteiger partial charge is 0.438 e. The normalized spacial score (nSPS) is 15.3. The van der Waals surface area contributed by atoms with Crippen LogP contribution in [0.15, 0.2) is 35.5 Å². The molecule has 1 fully saturated rings. The standard InChI is InChI=1S/C19H23N3O2S/c1-13-4-7-17(14(2)12-13)24-19-16(6-5-15(3)20-19)18(21-23)22-8-10-25-11-9-22/h4-7,12,23H,8-11H2,1-3H3/b21-18-. The van der Waals surface area contributed by atoms with E-state index in [0.717, 1.165) is 41.6 Å². The molecule has 2 heterocycles. The Morgan fingerprint density at radius 3 is 2.60 bits per heavy atom. The first kappa shape index (κ1) is 17.6. The summed E-state index contributed by atoms with van der Waals surface area (Å²) in [5.74, 6) is 3.79. The Bertz CT molecular complexity index is 786. The number of amidine groups is 1.